The fourth-order valence-electron chi connectivity index (χ4n) is 1.43. The number of hydrogen-bond acceptors (Lipinski definition) is 4. The monoisotopic (exact) mass is 256 g/mol. The van der Waals surface area contributed by atoms with Crippen LogP contribution in [0.15, 0.2) is 29.2 Å². The van der Waals surface area contributed by atoms with Crippen LogP contribution in [0.1, 0.15) is 9.67 Å². The summed E-state index contributed by atoms with van der Waals surface area (Å²) in [5, 5.41) is 9.48. The van der Waals surface area contributed by atoms with Crippen LogP contribution >= 0.6 is 11.3 Å². The molecule has 0 fully saturated rings. The van der Waals surface area contributed by atoms with Crippen LogP contribution in [0.2, 0.25) is 0 Å². The highest BCUT2D eigenvalue weighted by Gasteiger charge is 2.16. The molecular formula is C10H8O4S2. The van der Waals surface area contributed by atoms with E-state index >= 15 is 0 Å². The molecule has 4 nitrogen and oxygen atoms in total. The number of fused-ring (bicyclic) bond motifs is 1. The highest BCUT2D eigenvalue weighted by atomic mass is 32.2. The molecule has 0 spiro atoms. The van der Waals surface area contributed by atoms with Crippen LogP contribution in [0.4, 0.5) is 0 Å². The van der Waals surface area contributed by atoms with Crippen LogP contribution < -0.4 is 0 Å². The molecule has 0 saturated heterocycles. The van der Waals surface area contributed by atoms with E-state index in [0.29, 0.717) is 10.1 Å². The van der Waals surface area contributed by atoms with Gasteiger partial charge in [-0.1, -0.05) is 12.1 Å². The molecule has 0 aliphatic heterocycles. The summed E-state index contributed by atoms with van der Waals surface area (Å²) >= 11 is 0.980. The Morgan fingerprint density at radius 2 is 2.06 bits per heavy atom. The fourth-order valence-corrected chi connectivity index (χ4v) is 3.70. The Kier molecular flexibility index (Phi) is 2.47. The molecule has 0 radical (unpaired) electrons. The lowest BCUT2D eigenvalue weighted by Crippen LogP contribution is -1.96. The first-order chi connectivity index (χ1) is 7.39. The van der Waals surface area contributed by atoms with E-state index in [0.717, 1.165) is 17.6 Å². The maximum atomic E-state index is 11.5. The number of rotatable bonds is 2. The molecule has 0 aliphatic rings. The Morgan fingerprint density at radius 3 is 2.62 bits per heavy atom. The Labute approximate surface area is 96.1 Å². The molecule has 2 aromatic rings. The van der Waals surface area contributed by atoms with E-state index < -0.39 is 15.8 Å². The molecule has 0 aliphatic carbocycles. The largest absolute Gasteiger partial charge is 0.477 e. The number of carboxylic acid groups (broad SMARTS) is 1. The topological polar surface area (TPSA) is 71.4 Å². The van der Waals surface area contributed by atoms with E-state index in [9.17, 15) is 13.2 Å². The number of hydrogen-bond donors (Lipinski definition) is 1. The third-order valence-corrected chi connectivity index (χ3v) is 4.56. The van der Waals surface area contributed by atoms with E-state index in [1.54, 1.807) is 12.1 Å². The predicted molar refractivity (Wildman–Crippen MR) is 61.9 cm³/mol. The van der Waals surface area contributed by atoms with Crippen LogP contribution in [0.5, 0.6) is 0 Å². The van der Waals surface area contributed by atoms with Gasteiger partial charge in [-0.15, -0.1) is 11.3 Å². The minimum absolute atomic E-state index is 0.145. The van der Waals surface area contributed by atoms with Gasteiger partial charge in [-0.05, 0) is 17.5 Å². The quantitative estimate of drug-likeness (QED) is 0.892. The van der Waals surface area contributed by atoms with Crippen molar-refractivity contribution in [2.24, 2.45) is 0 Å². The highest BCUT2D eigenvalue weighted by molar-refractivity contribution is 7.91. The van der Waals surface area contributed by atoms with Crippen molar-refractivity contribution in [1.82, 2.24) is 0 Å². The van der Waals surface area contributed by atoms with Crippen molar-refractivity contribution >= 4 is 37.2 Å². The summed E-state index contributed by atoms with van der Waals surface area (Å²) in [6, 6.07) is 6.28. The fraction of sp³-hybridized carbons (Fsp3) is 0.100. The summed E-state index contributed by atoms with van der Waals surface area (Å²) in [6.45, 7) is 0. The Bertz CT molecular complexity index is 667. The molecule has 1 aromatic carbocycles. The lowest BCUT2D eigenvalue weighted by molar-refractivity contribution is 0.0702. The molecule has 0 atom stereocenters. The van der Waals surface area contributed by atoms with Gasteiger partial charge in [0, 0.05) is 6.26 Å². The van der Waals surface area contributed by atoms with E-state index in [1.165, 1.54) is 12.1 Å². The zero-order valence-electron chi connectivity index (χ0n) is 8.30. The number of benzene rings is 1. The third-order valence-electron chi connectivity index (χ3n) is 2.12. The van der Waals surface area contributed by atoms with Crippen LogP contribution in [-0.2, 0) is 9.84 Å². The van der Waals surface area contributed by atoms with Crippen molar-refractivity contribution in [1.29, 1.82) is 0 Å². The number of aromatic carboxylic acids is 1. The zero-order valence-corrected chi connectivity index (χ0v) is 9.93. The molecular weight excluding hydrogens is 248 g/mol. The van der Waals surface area contributed by atoms with Gasteiger partial charge in [-0.2, -0.15) is 0 Å². The Hall–Kier alpha value is -1.40. The van der Waals surface area contributed by atoms with Crippen molar-refractivity contribution in [2.75, 3.05) is 6.26 Å². The lowest BCUT2D eigenvalue weighted by atomic mass is 10.2. The average molecular weight is 256 g/mol. The molecule has 16 heavy (non-hydrogen) atoms. The van der Waals surface area contributed by atoms with Crippen molar-refractivity contribution < 1.29 is 18.3 Å². The molecule has 84 valence electrons. The van der Waals surface area contributed by atoms with Gasteiger partial charge in [0.15, 0.2) is 9.84 Å². The molecule has 0 saturated carbocycles. The summed E-state index contributed by atoms with van der Waals surface area (Å²) < 4.78 is 23.5. The van der Waals surface area contributed by atoms with E-state index in [2.05, 4.69) is 0 Å². The van der Waals surface area contributed by atoms with Gasteiger partial charge in [0.2, 0.25) is 0 Å². The first-order valence-electron chi connectivity index (χ1n) is 4.35. The molecule has 0 unspecified atom stereocenters. The molecule has 0 bridgehead atoms. The number of carbonyl (C=O) groups is 1. The van der Waals surface area contributed by atoms with Gasteiger partial charge in [0.25, 0.3) is 0 Å². The molecule has 6 heteroatoms. The van der Waals surface area contributed by atoms with Gasteiger partial charge in [0.1, 0.15) is 4.88 Å². The molecule has 1 aromatic heterocycles. The summed E-state index contributed by atoms with van der Waals surface area (Å²) in [5.74, 6) is -1.04. The van der Waals surface area contributed by atoms with Crippen molar-refractivity contribution in [3.63, 3.8) is 0 Å². The standard InChI is InChI=1S/C10H8O4S2/c1-16(13,14)8-4-2-3-6-5-7(10(11)12)15-9(6)8/h2-5H,1H3,(H,11,12). The number of thiophene rings is 1. The zero-order chi connectivity index (χ0) is 11.9. The summed E-state index contributed by atoms with van der Waals surface area (Å²) in [5.41, 5.74) is 0. The second kappa shape index (κ2) is 3.57. The normalized spacial score (nSPS) is 11.8. The summed E-state index contributed by atoms with van der Waals surface area (Å²) in [7, 11) is -3.32. The molecule has 2 rings (SSSR count). The Morgan fingerprint density at radius 1 is 1.38 bits per heavy atom. The Balaban J connectivity index is 2.83. The van der Waals surface area contributed by atoms with E-state index in [4.69, 9.17) is 5.11 Å². The maximum Gasteiger partial charge on any atom is 0.345 e. The first-order valence-corrected chi connectivity index (χ1v) is 7.06. The van der Waals surface area contributed by atoms with Crippen LogP contribution in [0.25, 0.3) is 10.1 Å². The SMILES string of the molecule is CS(=O)(=O)c1cccc2cc(C(=O)O)sc12. The molecule has 1 heterocycles. The van der Waals surface area contributed by atoms with Crippen molar-refractivity contribution in [2.45, 2.75) is 4.90 Å². The predicted octanol–water partition coefficient (Wildman–Crippen LogP) is 2.00. The second-order valence-electron chi connectivity index (χ2n) is 3.36. The van der Waals surface area contributed by atoms with Gasteiger partial charge >= 0.3 is 5.97 Å². The van der Waals surface area contributed by atoms with E-state index in [1.807, 2.05) is 0 Å². The highest BCUT2D eigenvalue weighted by Crippen LogP contribution is 2.31. The van der Waals surface area contributed by atoms with Gasteiger partial charge < -0.3 is 5.11 Å². The van der Waals surface area contributed by atoms with Crippen LogP contribution in [-0.4, -0.2) is 25.7 Å². The van der Waals surface area contributed by atoms with Crippen molar-refractivity contribution in [3.05, 3.63) is 29.1 Å². The van der Waals surface area contributed by atoms with E-state index in [-0.39, 0.29) is 9.77 Å². The second-order valence-corrected chi connectivity index (χ2v) is 6.40. The maximum absolute atomic E-state index is 11.5. The van der Waals surface area contributed by atoms with Gasteiger partial charge in [0.05, 0.1) is 9.60 Å². The summed E-state index contributed by atoms with van der Waals surface area (Å²) in [6.07, 6.45) is 1.11. The van der Waals surface area contributed by atoms with Crippen LogP contribution in [0.3, 0.4) is 0 Å². The number of sulfone groups is 1. The number of carboxylic acids is 1. The van der Waals surface area contributed by atoms with Gasteiger partial charge in [-0.25, -0.2) is 13.2 Å². The minimum atomic E-state index is -3.32. The van der Waals surface area contributed by atoms with Gasteiger partial charge in [-0.3, -0.25) is 0 Å². The summed E-state index contributed by atoms with van der Waals surface area (Å²) in [4.78, 5) is 11.1. The smallest absolute Gasteiger partial charge is 0.345 e. The lowest BCUT2D eigenvalue weighted by Gasteiger charge is -1.98. The first kappa shape index (κ1) is 11.1. The molecule has 0 amide bonds. The van der Waals surface area contributed by atoms with Crippen LogP contribution in [0, 0.1) is 0 Å². The molecule has 1 N–H and O–H groups in total. The average Bonchev–Trinajstić information content (AvgIpc) is 2.58. The van der Waals surface area contributed by atoms with Crippen molar-refractivity contribution in [3.8, 4) is 0 Å². The third kappa shape index (κ3) is 1.81. The minimum Gasteiger partial charge on any atom is -0.477 e.